The quantitative estimate of drug-likeness (QED) is 0.0170. The van der Waals surface area contributed by atoms with Crippen LogP contribution in [0.4, 0.5) is 0 Å². The van der Waals surface area contributed by atoms with Crippen LogP contribution >= 0.6 is 0 Å². The van der Waals surface area contributed by atoms with Crippen LogP contribution in [0.3, 0.4) is 0 Å². The number of benzene rings is 6. The number of nitrogens with zero attached hydrogens (tertiary/aromatic N) is 2. The number of hydrogen-bond acceptors (Lipinski definition) is 14. The fourth-order valence-electron chi connectivity index (χ4n) is 9.90. The van der Waals surface area contributed by atoms with Crippen LogP contribution in [0.25, 0.3) is 43.1 Å². The Morgan fingerprint density at radius 1 is 0.364 bits per heavy atom. The number of ether oxygens (including phenoxy) is 10. The van der Waals surface area contributed by atoms with E-state index in [1.54, 1.807) is 31.4 Å². The minimum Gasteiger partial charge on any atom is -0.382 e. The number of hydrogen-bond donors (Lipinski definition) is 0. The molecule has 6 aromatic rings. The van der Waals surface area contributed by atoms with Crippen molar-refractivity contribution in [3.05, 3.63) is 107 Å². The van der Waals surface area contributed by atoms with Crippen molar-refractivity contribution in [1.29, 1.82) is 0 Å². The smallest absolute Gasteiger partial charge is 0.261 e. The Bertz CT molecular complexity index is 2860. The summed E-state index contributed by atoms with van der Waals surface area (Å²) in [5.41, 5.74) is 2.65. The fraction of sp³-hybridized carbons (Fsp3) is 0.508. The molecule has 0 bridgehead atoms. The normalized spacial score (nSPS) is 17.4. The van der Waals surface area contributed by atoms with E-state index in [1.807, 2.05) is 117 Å². The lowest BCUT2D eigenvalue weighted by molar-refractivity contribution is -0.110. The van der Waals surface area contributed by atoms with E-state index < -0.39 is 17.9 Å². The predicted octanol–water partition coefficient (Wildman–Crippen LogP) is 9.42. The predicted molar refractivity (Wildman–Crippen MR) is 294 cm³/mol. The molecule has 9 atom stereocenters. The Kier molecular flexibility index (Phi) is 19.8. The Morgan fingerprint density at radius 3 is 1.04 bits per heavy atom. The number of imide groups is 2. The Labute approximate surface area is 451 Å². The second-order valence-corrected chi connectivity index (χ2v) is 20.9. The average Bonchev–Trinajstić information content (AvgIpc) is 3.49. The van der Waals surface area contributed by atoms with Gasteiger partial charge in [-0.15, -0.1) is 0 Å². The molecule has 2 aliphatic heterocycles. The zero-order chi connectivity index (χ0) is 54.9. The lowest BCUT2D eigenvalue weighted by atomic mass is 9.82. The van der Waals surface area contributed by atoms with E-state index in [2.05, 4.69) is 0 Å². The van der Waals surface area contributed by atoms with E-state index in [0.29, 0.717) is 92.5 Å². The van der Waals surface area contributed by atoms with Crippen molar-refractivity contribution < 1.29 is 66.5 Å². The van der Waals surface area contributed by atoms with Gasteiger partial charge >= 0.3 is 0 Å². The molecule has 4 amide bonds. The number of carbonyl (C=O) groups is 4. The number of rotatable bonds is 32. The van der Waals surface area contributed by atoms with Gasteiger partial charge in [0.15, 0.2) is 0 Å². The molecule has 414 valence electrons. The van der Waals surface area contributed by atoms with Crippen molar-refractivity contribution in [3.63, 3.8) is 0 Å². The Balaban J connectivity index is 0.756. The summed E-state index contributed by atoms with van der Waals surface area (Å²) in [6.07, 6.45) is -1.23. The van der Waals surface area contributed by atoms with E-state index >= 15 is 0 Å². The molecule has 0 radical (unpaired) electrons. The minimum absolute atomic E-state index is 0.0328. The molecule has 2 aliphatic rings. The monoisotopic (exact) mass is 1060 g/mol. The first-order valence-corrected chi connectivity index (χ1v) is 27.0. The van der Waals surface area contributed by atoms with E-state index in [0.717, 1.165) is 37.9 Å². The van der Waals surface area contributed by atoms with Crippen LogP contribution in [0, 0.1) is 0 Å². The molecule has 9 unspecified atom stereocenters. The number of methoxy groups -OCH3 is 1. The Morgan fingerprint density at radius 2 is 0.688 bits per heavy atom. The first-order valence-electron chi connectivity index (χ1n) is 27.0. The number of fused-ring (bicyclic) bond motifs is 2. The second-order valence-electron chi connectivity index (χ2n) is 20.9. The highest BCUT2D eigenvalue weighted by Gasteiger charge is 2.39. The van der Waals surface area contributed by atoms with Gasteiger partial charge in [-0.25, -0.2) is 0 Å². The van der Waals surface area contributed by atoms with Crippen molar-refractivity contribution in [3.8, 4) is 0 Å². The van der Waals surface area contributed by atoms with Gasteiger partial charge in [0.1, 0.15) is 0 Å². The van der Waals surface area contributed by atoms with Gasteiger partial charge in [0.2, 0.25) is 0 Å². The van der Waals surface area contributed by atoms with Crippen LogP contribution in [0.5, 0.6) is 0 Å². The zero-order valence-corrected chi connectivity index (χ0v) is 46.3. The van der Waals surface area contributed by atoms with Gasteiger partial charge in [0.25, 0.3) is 23.6 Å². The number of carbonyl (C=O) groups excluding carboxylic acids is 4. The van der Waals surface area contributed by atoms with Crippen LogP contribution in [0.15, 0.2) is 78.9 Å². The van der Waals surface area contributed by atoms with Crippen molar-refractivity contribution in [2.75, 3.05) is 79.8 Å². The summed E-state index contributed by atoms with van der Waals surface area (Å²) in [5.74, 6) is -1.47. The molecular formula is C61H76N2O14. The summed E-state index contributed by atoms with van der Waals surface area (Å²) in [6.45, 7) is 22.1. The van der Waals surface area contributed by atoms with Crippen LogP contribution in [-0.2, 0) is 53.9 Å². The third kappa shape index (κ3) is 13.5. The molecule has 0 saturated heterocycles. The zero-order valence-electron chi connectivity index (χ0n) is 46.3. The summed E-state index contributed by atoms with van der Waals surface area (Å²) in [6, 6.07) is 23.7. The highest BCUT2D eigenvalue weighted by molar-refractivity contribution is 6.41. The van der Waals surface area contributed by atoms with Crippen molar-refractivity contribution >= 4 is 66.7 Å². The van der Waals surface area contributed by atoms with Gasteiger partial charge in [-0.05, 0) is 124 Å². The first kappa shape index (κ1) is 57.7. The van der Waals surface area contributed by atoms with E-state index in [4.69, 9.17) is 47.4 Å². The standard InChI is InChI=1S/C61H76N2O14/c1-36(27-70-38(3)29-72-40(5)31-74-42(7)33-76-44(9)35-77-43(8)34-75-41(6)32-73-39(4)30-71-37(2)28-69-25-24-68-10)63-60(66)52-22-18-48-46-16-20-50-56-51(59(65)62(58(50)64)26-45-14-12-11-13-15-45)21-17-47(54(46)56)49-19-23-53(61(63)67)57(52)55(48)49/h11-23,36-44H,24-35H2,1-10H3. The van der Waals surface area contributed by atoms with Crippen molar-refractivity contribution in [2.24, 2.45) is 0 Å². The molecular weight excluding hydrogens is 985 g/mol. The molecule has 0 saturated carbocycles. The van der Waals surface area contributed by atoms with Gasteiger partial charge in [-0.2, -0.15) is 0 Å². The van der Waals surface area contributed by atoms with Crippen molar-refractivity contribution in [1.82, 2.24) is 9.80 Å². The van der Waals surface area contributed by atoms with Gasteiger partial charge in [-0.1, -0.05) is 54.6 Å². The van der Waals surface area contributed by atoms with E-state index in [9.17, 15) is 19.2 Å². The van der Waals surface area contributed by atoms with Crippen molar-refractivity contribution in [2.45, 2.75) is 124 Å². The molecule has 16 nitrogen and oxygen atoms in total. The second kappa shape index (κ2) is 26.4. The Hall–Kier alpha value is -5.50. The molecule has 8 rings (SSSR count). The molecule has 6 aromatic carbocycles. The largest absolute Gasteiger partial charge is 0.382 e. The van der Waals surface area contributed by atoms with Gasteiger partial charge in [-0.3, -0.25) is 29.0 Å². The maximum Gasteiger partial charge on any atom is 0.261 e. The summed E-state index contributed by atoms with van der Waals surface area (Å²) in [5, 5.41) is 6.18. The lowest BCUT2D eigenvalue weighted by Gasteiger charge is -2.33. The van der Waals surface area contributed by atoms with Crippen LogP contribution in [-0.4, -0.2) is 168 Å². The average molecular weight is 1060 g/mol. The lowest BCUT2D eigenvalue weighted by Crippen LogP contribution is -2.48. The highest BCUT2D eigenvalue weighted by Crippen LogP contribution is 2.46. The van der Waals surface area contributed by atoms with Gasteiger partial charge in [0.05, 0.1) is 134 Å². The molecule has 16 heteroatoms. The van der Waals surface area contributed by atoms with Crippen LogP contribution in [0.1, 0.15) is 109 Å². The summed E-state index contributed by atoms with van der Waals surface area (Å²) < 4.78 is 58.5. The molecule has 0 aromatic heterocycles. The van der Waals surface area contributed by atoms with Crippen LogP contribution < -0.4 is 0 Å². The molecule has 0 spiro atoms. The summed E-state index contributed by atoms with van der Waals surface area (Å²) >= 11 is 0. The summed E-state index contributed by atoms with van der Waals surface area (Å²) in [4.78, 5) is 59.3. The molecule has 0 fully saturated rings. The molecule has 0 aliphatic carbocycles. The molecule has 0 N–H and O–H groups in total. The SMILES string of the molecule is COCCOCC(C)OCC(C)OCC(C)OCC(C)OCC(C)OCC(C)OCC(C)OCC(C)OCC(C)N1C(=O)c2ccc3c4ccc5c6c(ccc(c7ccc(c2c37)C1=O)c64)C(=O)N(Cc1ccccc1)C5=O. The topological polar surface area (TPSA) is 167 Å². The van der Waals surface area contributed by atoms with E-state index in [1.165, 1.54) is 9.80 Å². The highest BCUT2D eigenvalue weighted by atomic mass is 16.6. The van der Waals surface area contributed by atoms with E-state index in [-0.39, 0.29) is 80.4 Å². The first-order chi connectivity index (χ1) is 37.1. The minimum atomic E-state index is -0.575. The maximum atomic E-state index is 14.4. The maximum absolute atomic E-state index is 14.4. The molecule has 77 heavy (non-hydrogen) atoms. The third-order valence-electron chi connectivity index (χ3n) is 14.1. The van der Waals surface area contributed by atoms with Gasteiger partial charge < -0.3 is 47.4 Å². The molecule has 2 heterocycles. The van der Waals surface area contributed by atoms with Crippen LogP contribution in [0.2, 0.25) is 0 Å². The summed E-state index contributed by atoms with van der Waals surface area (Å²) in [7, 11) is 1.65. The van der Waals surface area contributed by atoms with Gasteiger partial charge in [0, 0.05) is 40.1 Å². The fourth-order valence-corrected chi connectivity index (χ4v) is 9.90. The number of amides is 4. The third-order valence-corrected chi connectivity index (χ3v) is 14.1.